The Morgan fingerprint density at radius 1 is 1.24 bits per heavy atom. The minimum atomic E-state index is -0.164. The molecule has 0 unspecified atom stereocenters. The fraction of sp³-hybridized carbons (Fsp3) is 0.643. The van der Waals surface area contributed by atoms with Crippen molar-refractivity contribution < 1.29 is 14.3 Å². The van der Waals surface area contributed by atoms with Crippen molar-refractivity contribution in [2.75, 3.05) is 39.7 Å². The summed E-state index contributed by atoms with van der Waals surface area (Å²) in [6, 6.07) is 4.26. The number of likely N-dealkylation sites (N-methyl/N-ethyl adjacent to an activating group) is 1. The molecule has 1 aliphatic rings. The Kier molecular flexibility index (Phi) is 10.3. The highest BCUT2D eigenvalue weighted by atomic mass is 35.5. The maximum atomic E-state index is 13.3. The molecule has 8 nitrogen and oxygen atoms in total. The van der Waals surface area contributed by atoms with Crippen LogP contribution in [0.25, 0.3) is 0 Å². The monoisotopic (exact) mass is 533 g/mol. The van der Waals surface area contributed by atoms with Gasteiger partial charge in [-0.05, 0) is 77.6 Å². The van der Waals surface area contributed by atoms with Gasteiger partial charge in [0.1, 0.15) is 0 Å². The van der Waals surface area contributed by atoms with Gasteiger partial charge in [0.15, 0.2) is 0 Å². The van der Waals surface area contributed by atoms with E-state index in [0.29, 0.717) is 29.1 Å². The van der Waals surface area contributed by atoms with E-state index in [1.54, 1.807) is 20.3 Å². The Morgan fingerprint density at radius 2 is 1.95 bits per heavy atom. The Bertz CT molecular complexity index is 1060. The smallest absolute Gasteiger partial charge is 0.251 e. The Labute approximate surface area is 227 Å². The lowest BCUT2D eigenvalue weighted by molar-refractivity contribution is 0.0950. The van der Waals surface area contributed by atoms with E-state index in [9.17, 15) is 4.79 Å². The van der Waals surface area contributed by atoms with Gasteiger partial charge in [0.25, 0.3) is 5.91 Å². The SMILES string of the molecule is CCn1nc(OC)c(CNC(=O)c2cc(Cl)cc(N[C@]3(CC)CC[C@H](N(C)CCOC)CC3)c2C)c1C. The third-order valence-corrected chi connectivity index (χ3v) is 8.31. The zero-order valence-corrected chi connectivity index (χ0v) is 24.3. The highest BCUT2D eigenvalue weighted by Crippen LogP contribution is 2.38. The van der Waals surface area contributed by atoms with Crippen LogP contribution in [0.4, 0.5) is 5.69 Å². The van der Waals surface area contributed by atoms with Crippen LogP contribution >= 0.6 is 11.6 Å². The molecule has 1 aliphatic carbocycles. The van der Waals surface area contributed by atoms with Crippen molar-refractivity contribution in [3.05, 3.63) is 39.5 Å². The number of nitrogens with one attached hydrogen (secondary N) is 2. The van der Waals surface area contributed by atoms with E-state index in [2.05, 4.69) is 34.6 Å². The average Bonchev–Trinajstić information content (AvgIpc) is 3.22. The summed E-state index contributed by atoms with van der Waals surface area (Å²) in [4.78, 5) is 15.7. The van der Waals surface area contributed by atoms with E-state index in [0.717, 1.165) is 74.3 Å². The largest absolute Gasteiger partial charge is 0.480 e. The molecular weight excluding hydrogens is 490 g/mol. The Morgan fingerprint density at radius 3 is 2.54 bits per heavy atom. The number of carbonyl (C=O) groups excluding carboxylic acids is 1. The van der Waals surface area contributed by atoms with Crippen molar-refractivity contribution in [1.82, 2.24) is 20.0 Å². The van der Waals surface area contributed by atoms with Crippen LogP contribution < -0.4 is 15.4 Å². The van der Waals surface area contributed by atoms with Crippen LogP contribution in [0, 0.1) is 13.8 Å². The van der Waals surface area contributed by atoms with E-state index < -0.39 is 0 Å². The van der Waals surface area contributed by atoms with Crippen LogP contribution in [-0.4, -0.2) is 66.6 Å². The minimum Gasteiger partial charge on any atom is -0.480 e. The number of anilines is 1. The number of methoxy groups -OCH3 is 2. The first kappa shape index (κ1) is 29.3. The van der Waals surface area contributed by atoms with Crippen molar-refractivity contribution in [1.29, 1.82) is 0 Å². The van der Waals surface area contributed by atoms with Gasteiger partial charge in [0, 0.05) is 53.7 Å². The van der Waals surface area contributed by atoms with Crippen LogP contribution in [0.5, 0.6) is 5.88 Å². The molecule has 1 heterocycles. The summed E-state index contributed by atoms with van der Waals surface area (Å²) in [5.41, 5.74) is 4.26. The van der Waals surface area contributed by atoms with Gasteiger partial charge >= 0.3 is 0 Å². The number of hydrogen-bond acceptors (Lipinski definition) is 6. The Hall–Kier alpha value is -2.29. The molecule has 0 radical (unpaired) electrons. The second-order valence-electron chi connectivity index (χ2n) is 10.2. The van der Waals surface area contributed by atoms with Gasteiger partial charge in [-0.15, -0.1) is 5.10 Å². The van der Waals surface area contributed by atoms with Gasteiger partial charge in [-0.2, -0.15) is 0 Å². The van der Waals surface area contributed by atoms with Crippen molar-refractivity contribution in [3.8, 4) is 5.88 Å². The summed E-state index contributed by atoms with van der Waals surface area (Å²) in [7, 11) is 5.54. The third kappa shape index (κ3) is 6.78. The molecule has 0 atom stereocenters. The number of hydrogen-bond donors (Lipinski definition) is 2. The number of nitrogens with zero attached hydrogens (tertiary/aromatic N) is 3. The first-order valence-corrected chi connectivity index (χ1v) is 13.7. The number of carbonyl (C=O) groups is 1. The van der Waals surface area contributed by atoms with Crippen molar-refractivity contribution in [3.63, 3.8) is 0 Å². The maximum Gasteiger partial charge on any atom is 0.251 e. The Balaban J connectivity index is 1.74. The van der Waals surface area contributed by atoms with Gasteiger partial charge in [-0.25, -0.2) is 0 Å². The molecule has 0 bridgehead atoms. The van der Waals surface area contributed by atoms with Crippen LogP contribution in [0.3, 0.4) is 0 Å². The van der Waals surface area contributed by atoms with Crippen molar-refractivity contribution in [2.24, 2.45) is 0 Å². The lowest BCUT2D eigenvalue weighted by Crippen LogP contribution is -2.47. The first-order chi connectivity index (χ1) is 17.7. The molecule has 1 aromatic carbocycles. The van der Waals surface area contributed by atoms with Gasteiger partial charge in [-0.1, -0.05) is 18.5 Å². The zero-order chi connectivity index (χ0) is 27.2. The second-order valence-corrected chi connectivity index (χ2v) is 10.6. The highest BCUT2D eigenvalue weighted by Gasteiger charge is 2.35. The molecule has 9 heteroatoms. The lowest BCUT2D eigenvalue weighted by atomic mass is 9.77. The third-order valence-electron chi connectivity index (χ3n) is 8.09. The molecule has 0 aliphatic heterocycles. The van der Waals surface area contributed by atoms with E-state index in [-0.39, 0.29) is 11.4 Å². The van der Waals surface area contributed by atoms with Gasteiger partial charge in [0.2, 0.25) is 5.88 Å². The van der Waals surface area contributed by atoms with E-state index in [1.165, 1.54) is 0 Å². The van der Waals surface area contributed by atoms with Crippen LogP contribution in [0.2, 0.25) is 5.02 Å². The highest BCUT2D eigenvalue weighted by molar-refractivity contribution is 6.31. The molecule has 206 valence electrons. The molecule has 1 saturated carbocycles. The minimum absolute atomic E-state index is 0.0129. The van der Waals surface area contributed by atoms with Crippen LogP contribution in [-0.2, 0) is 17.8 Å². The van der Waals surface area contributed by atoms with Gasteiger partial charge in [0.05, 0.1) is 25.8 Å². The molecule has 1 amide bonds. The van der Waals surface area contributed by atoms with Crippen molar-refractivity contribution in [2.45, 2.75) is 84.5 Å². The number of aromatic nitrogens is 2. The fourth-order valence-electron chi connectivity index (χ4n) is 5.41. The summed E-state index contributed by atoms with van der Waals surface area (Å²) in [6.45, 7) is 11.0. The number of rotatable bonds is 12. The molecule has 37 heavy (non-hydrogen) atoms. The van der Waals surface area contributed by atoms with E-state index in [4.69, 9.17) is 21.1 Å². The summed E-state index contributed by atoms with van der Waals surface area (Å²) >= 11 is 6.53. The fourth-order valence-corrected chi connectivity index (χ4v) is 5.62. The number of benzene rings is 1. The number of amides is 1. The molecule has 2 N–H and O–H groups in total. The summed E-state index contributed by atoms with van der Waals surface area (Å²) in [5, 5.41) is 11.9. The predicted molar refractivity (Wildman–Crippen MR) is 150 cm³/mol. The molecule has 3 rings (SSSR count). The molecule has 2 aromatic rings. The topological polar surface area (TPSA) is 80.6 Å². The number of aryl methyl sites for hydroxylation is 1. The predicted octanol–water partition coefficient (Wildman–Crippen LogP) is 5.19. The standard InChI is InChI=1S/C28H44ClN5O3/c1-8-28(12-10-22(11-13-28)33(5)14-15-36-6)31-25-17-21(29)16-23(19(25)3)26(35)30-18-24-20(4)34(9-2)32-27(24)37-7/h16-17,22,31H,8-15,18H2,1-7H3,(H,30,35)/t22-,28+. The second kappa shape index (κ2) is 13.0. The van der Waals surface area contributed by atoms with Crippen LogP contribution in [0.15, 0.2) is 12.1 Å². The average molecular weight is 534 g/mol. The number of halogens is 1. The summed E-state index contributed by atoms with van der Waals surface area (Å²) in [6.07, 6.45) is 5.40. The molecule has 0 spiro atoms. The quantitative estimate of drug-likeness (QED) is 0.390. The first-order valence-electron chi connectivity index (χ1n) is 13.3. The summed E-state index contributed by atoms with van der Waals surface area (Å²) < 4.78 is 12.6. The number of ether oxygens (including phenoxy) is 2. The van der Waals surface area contributed by atoms with Gasteiger partial charge in [-0.3, -0.25) is 9.48 Å². The zero-order valence-electron chi connectivity index (χ0n) is 23.5. The molecule has 1 aromatic heterocycles. The van der Waals surface area contributed by atoms with E-state index >= 15 is 0 Å². The normalized spacial score (nSPS) is 19.8. The van der Waals surface area contributed by atoms with E-state index in [1.807, 2.05) is 31.5 Å². The molecule has 1 fully saturated rings. The molecule has 0 saturated heterocycles. The molecular formula is C28H44ClN5O3. The maximum absolute atomic E-state index is 13.3. The van der Waals surface area contributed by atoms with Crippen LogP contribution in [0.1, 0.15) is 73.1 Å². The van der Waals surface area contributed by atoms with Gasteiger partial charge < -0.3 is 25.0 Å². The summed E-state index contributed by atoms with van der Waals surface area (Å²) in [5.74, 6) is 0.376. The lowest BCUT2D eigenvalue weighted by Gasteiger charge is -2.44. The van der Waals surface area contributed by atoms with Crippen molar-refractivity contribution >= 4 is 23.2 Å².